The first-order valence-electron chi connectivity index (χ1n) is 9.86. The maximum absolute atomic E-state index is 13.5. The van der Waals surface area contributed by atoms with Gasteiger partial charge in [0.25, 0.3) is 0 Å². The largest absolute Gasteiger partial charge is 0.496 e. The van der Waals surface area contributed by atoms with Gasteiger partial charge in [-0.25, -0.2) is 15.0 Å². The molecule has 0 aliphatic carbocycles. The minimum Gasteiger partial charge on any atom is -0.496 e. The van der Waals surface area contributed by atoms with Crippen LogP contribution in [0.15, 0.2) is 30.7 Å². The second-order valence-electron chi connectivity index (χ2n) is 7.65. The van der Waals surface area contributed by atoms with Crippen molar-refractivity contribution >= 4 is 11.6 Å². The molecule has 1 saturated heterocycles. The molecule has 1 aliphatic heterocycles. The van der Waals surface area contributed by atoms with Crippen LogP contribution in [0.4, 0.5) is 19.1 Å². The zero-order valence-corrected chi connectivity index (χ0v) is 17.1. The quantitative estimate of drug-likeness (QED) is 0.566. The summed E-state index contributed by atoms with van der Waals surface area (Å²) in [5.74, 6) is 0.319. The van der Waals surface area contributed by atoms with Crippen LogP contribution in [0.3, 0.4) is 0 Å². The smallest absolute Gasteiger partial charge is 0.421 e. The fraction of sp³-hybridized carbons (Fsp3) is 0.450. The highest BCUT2D eigenvalue weighted by Crippen LogP contribution is 2.43. The van der Waals surface area contributed by atoms with Crippen LogP contribution in [0, 0.1) is 0 Å². The minimum atomic E-state index is -4.89. The monoisotopic (exact) mass is 436 g/mol. The standard InChI is InChI=1S/C20H23F3N6O2/c1-19(30,20(21,22)23)13-11-29-15(10-26-17(29)8-16(13)31-2)14-5-7-25-18(28-14)27-12-4-3-6-24-9-12/h5,7-8,10-12,24,30H,3-4,6,9H2,1-2H3,(H,25,27,28). The number of rotatable bonds is 5. The van der Waals surface area contributed by atoms with Gasteiger partial charge in [0.05, 0.1) is 30.3 Å². The molecule has 31 heavy (non-hydrogen) atoms. The number of nitrogens with zero attached hydrogens (tertiary/aromatic N) is 4. The molecule has 0 aromatic carbocycles. The molecule has 2 atom stereocenters. The molecule has 3 N–H and O–H groups in total. The summed E-state index contributed by atoms with van der Waals surface area (Å²) in [4.78, 5) is 13.0. The molecule has 0 radical (unpaired) electrons. The maximum atomic E-state index is 13.5. The van der Waals surface area contributed by atoms with Crippen LogP contribution in [0.5, 0.6) is 5.75 Å². The molecule has 2 unspecified atom stereocenters. The van der Waals surface area contributed by atoms with E-state index in [0.717, 1.165) is 25.9 Å². The Hall–Kier alpha value is -2.92. The normalized spacial score (nSPS) is 19.2. The van der Waals surface area contributed by atoms with Crippen molar-refractivity contribution in [1.82, 2.24) is 24.7 Å². The van der Waals surface area contributed by atoms with Crippen LogP contribution < -0.4 is 15.4 Å². The summed E-state index contributed by atoms with van der Waals surface area (Å²) in [6, 6.07) is 3.20. The summed E-state index contributed by atoms with van der Waals surface area (Å²) in [7, 11) is 1.24. The number of aromatic nitrogens is 4. The van der Waals surface area contributed by atoms with Crippen molar-refractivity contribution < 1.29 is 23.0 Å². The topological polar surface area (TPSA) is 96.6 Å². The first-order valence-corrected chi connectivity index (χ1v) is 9.86. The summed E-state index contributed by atoms with van der Waals surface area (Å²) in [6.45, 7) is 2.48. The summed E-state index contributed by atoms with van der Waals surface area (Å²) in [6.07, 6.45) is 1.42. The summed E-state index contributed by atoms with van der Waals surface area (Å²) in [5.41, 5.74) is -2.23. The lowest BCUT2D eigenvalue weighted by atomic mass is 9.96. The number of alkyl halides is 3. The molecule has 3 aromatic heterocycles. The number of halogens is 3. The molecule has 0 bridgehead atoms. The molecule has 4 rings (SSSR count). The van der Waals surface area contributed by atoms with Crippen LogP contribution in [-0.2, 0) is 5.60 Å². The van der Waals surface area contributed by atoms with E-state index >= 15 is 0 Å². The van der Waals surface area contributed by atoms with Crippen LogP contribution >= 0.6 is 0 Å². The Bertz CT molecular complexity index is 1080. The van der Waals surface area contributed by atoms with E-state index in [-0.39, 0.29) is 11.8 Å². The molecule has 1 fully saturated rings. The van der Waals surface area contributed by atoms with Crippen molar-refractivity contribution in [3.63, 3.8) is 0 Å². The highest BCUT2D eigenvalue weighted by atomic mass is 19.4. The average Bonchev–Trinajstić information content (AvgIpc) is 3.16. The van der Waals surface area contributed by atoms with E-state index in [4.69, 9.17) is 4.74 Å². The predicted molar refractivity (Wildman–Crippen MR) is 108 cm³/mol. The van der Waals surface area contributed by atoms with Crippen molar-refractivity contribution in [2.45, 2.75) is 37.6 Å². The molecule has 8 nitrogen and oxygen atoms in total. The number of ether oxygens (including phenoxy) is 1. The first-order chi connectivity index (χ1) is 14.7. The van der Waals surface area contributed by atoms with E-state index in [0.29, 0.717) is 29.9 Å². The van der Waals surface area contributed by atoms with Gasteiger partial charge in [-0.2, -0.15) is 13.2 Å². The molecule has 3 aromatic rings. The molecule has 11 heteroatoms. The molecule has 4 heterocycles. The van der Waals surface area contributed by atoms with E-state index in [1.165, 1.54) is 30.0 Å². The van der Waals surface area contributed by atoms with Crippen molar-refractivity contribution in [3.05, 3.63) is 36.3 Å². The Balaban J connectivity index is 1.75. The Kier molecular flexibility index (Phi) is 5.48. The van der Waals surface area contributed by atoms with E-state index in [2.05, 4.69) is 25.6 Å². The zero-order chi connectivity index (χ0) is 22.2. The molecule has 1 aliphatic rings. The van der Waals surface area contributed by atoms with Crippen LogP contribution in [0.2, 0.25) is 0 Å². The van der Waals surface area contributed by atoms with Crippen molar-refractivity contribution in [1.29, 1.82) is 0 Å². The van der Waals surface area contributed by atoms with Gasteiger partial charge in [-0.1, -0.05) is 0 Å². The fourth-order valence-corrected chi connectivity index (χ4v) is 3.61. The Morgan fingerprint density at radius 1 is 1.32 bits per heavy atom. The average molecular weight is 436 g/mol. The third-order valence-electron chi connectivity index (χ3n) is 5.45. The third kappa shape index (κ3) is 4.02. The molecular weight excluding hydrogens is 413 g/mol. The minimum absolute atomic E-state index is 0.109. The van der Waals surface area contributed by atoms with Gasteiger partial charge in [-0.05, 0) is 32.4 Å². The van der Waals surface area contributed by atoms with Gasteiger partial charge in [0.15, 0.2) is 5.60 Å². The number of anilines is 1. The van der Waals surface area contributed by atoms with E-state index in [9.17, 15) is 18.3 Å². The Labute approximate surface area is 176 Å². The number of imidazole rings is 1. The summed E-state index contributed by atoms with van der Waals surface area (Å²) in [5, 5.41) is 16.8. The number of aliphatic hydroxyl groups is 1. The fourth-order valence-electron chi connectivity index (χ4n) is 3.61. The van der Waals surface area contributed by atoms with Gasteiger partial charge in [-0.15, -0.1) is 0 Å². The second-order valence-corrected chi connectivity index (χ2v) is 7.65. The van der Waals surface area contributed by atoms with Crippen molar-refractivity contribution in [2.75, 3.05) is 25.5 Å². The maximum Gasteiger partial charge on any atom is 0.421 e. The number of pyridine rings is 1. The zero-order valence-electron chi connectivity index (χ0n) is 17.1. The van der Waals surface area contributed by atoms with E-state index in [1.807, 2.05) is 0 Å². The Morgan fingerprint density at radius 2 is 2.13 bits per heavy atom. The van der Waals surface area contributed by atoms with Gasteiger partial charge in [0, 0.05) is 31.0 Å². The number of fused-ring (bicyclic) bond motifs is 1. The van der Waals surface area contributed by atoms with E-state index in [1.54, 1.807) is 12.3 Å². The summed E-state index contributed by atoms with van der Waals surface area (Å²) < 4.78 is 47.0. The van der Waals surface area contributed by atoms with Crippen LogP contribution in [-0.4, -0.2) is 56.9 Å². The number of nitrogens with one attached hydrogen (secondary N) is 2. The number of methoxy groups -OCH3 is 1. The second kappa shape index (κ2) is 7.97. The molecule has 0 spiro atoms. The molecule has 166 valence electrons. The number of hydrogen-bond donors (Lipinski definition) is 3. The van der Waals surface area contributed by atoms with Gasteiger partial charge in [0.2, 0.25) is 5.95 Å². The predicted octanol–water partition coefficient (Wildman–Crippen LogP) is 2.73. The SMILES string of the molecule is COc1cc2ncc(-c3ccnc(NC4CCCNC4)n3)n2cc1C(C)(O)C(F)(F)F. The lowest BCUT2D eigenvalue weighted by molar-refractivity contribution is -0.259. The van der Waals surface area contributed by atoms with Gasteiger partial charge >= 0.3 is 6.18 Å². The van der Waals surface area contributed by atoms with Gasteiger partial charge in [0.1, 0.15) is 11.4 Å². The molecular formula is C20H23F3N6O2. The lowest BCUT2D eigenvalue weighted by Crippen LogP contribution is -2.39. The number of hydrogen-bond acceptors (Lipinski definition) is 7. The van der Waals surface area contributed by atoms with Gasteiger partial charge < -0.3 is 20.5 Å². The van der Waals surface area contributed by atoms with E-state index < -0.39 is 17.3 Å². The number of piperidine rings is 1. The van der Waals surface area contributed by atoms with Crippen LogP contribution in [0.1, 0.15) is 25.3 Å². The molecule has 0 saturated carbocycles. The third-order valence-corrected chi connectivity index (χ3v) is 5.45. The van der Waals surface area contributed by atoms with Crippen molar-refractivity contribution in [3.8, 4) is 17.1 Å². The van der Waals surface area contributed by atoms with Gasteiger partial charge in [-0.3, -0.25) is 4.40 Å². The first kappa shape index (κ1) is 21.3. The van der Waals surface area contributed by atoms with Crippen LogP contribution in [0.25, 0.3) is 17.0 Å². The summed E-state index contributed by atoms with van der Waals surface area (Å²) >= 11 is 0. The highest BCUT2D eigenvalue weighted by Gasteiger charge is 2.53. The lowest BCUT2D eigenvalue weighted by Gasteiger charge is -2.28. The van der Waals surface area contributed by atoms with Crippen molar-refractivity contribution in [2.24, 2.45) is 0 Å². The highest BCUT2D eigenvalue weighted by molar-refractivity contribution is 5.63. The Morgan fingerprint density at radius 3 is 2.81 bits per heavy atom. The molecule has 0 amide bonds.